The van der Waals surface area contributed by atoms with Crippen molar-refractivity contribution in [3.05, 3.63) is 93.7 Å². The van der Waals surface area contributed by atoms with E-state index in [9.17, 15) is 22.4 Å². The second kappa shape index (κ2) is 13.3. The van der Waals surface area contributed by atoms with Gasteiger partial charge in [0.05, 0.1) is 20.6 Å². The minimum absolute atomic E-state index is 0.0102. The number of anilines is 1. The first-order valence-corrected chi connectivity index (χ1v) is 14.5. The van der Waals surface area contributed by atoms with Gasteiger partial charge in [-0.2, -0.15) is 0 Å². The van der Waals surface area contributed by atoms with Gasteiger partial charge in [0.1, 0.15) is 18.4 Å². The third-order valence-corrected chi connectivity index (χ3v) is 8.60. The lowest BCUT2D eigenvalue weighted by Crippen LogP contribution is -2.52. The number of sulfonamides is 1. The van der Waals surface area contributed by atoms with Gasteiger partial charge in [-0.25, -0.2) is 12.8 Å². The Labute approximate surface area is 238 Å². The first-order chi connectivity index (χ1) is 18.5. The first-order valence-electron chi connectivity index (χ1n) is 12.3. The van der Waals surface area contributed by atoms with Crippen LogP contribution in [0.3, 0.4) is 0 Å². The van der Waals surface area contributed by atoms with Crippen LogP contribution in [0.1, 0.15) is 31.4 Å². The molecule has 2 amide bonds. The zero-order chi connectivity index (χ0) is 28.7. The minimum atomic E-state index is -4.28. The summed E-state index contributed by atoms with van der Waals surface area (Å²) in [6, 6.07) is 15.0. The molecule has 0 heterocycles. The molecule has 0 aromatic heterocycles. The van der Waals surface area contributed by atoms with Gasteiger partial charge in [0, 0.05) is 13.1 Å². The zero-order valence-electron chi connectivity index (χ0n) is 21.8. The van der Waals surface area contributed by atoms with Crippen molar-refractivity contribution in [1.29, 1.82) is 0 Å². The topological polar surface area (TPSA) is 86.8 Å². The highest BCUT2D eigenvalue weighted by Crippen LogP contribution is 2.27. The average molecular weight is 595 g/mol. The van der Waals surface area contributed by atoms with Crippen molar-refractivity contribution in [1.82, 2.24) is 10.2 Å². The number of amides is 2. The Morgan fingerprint density at radius 1 is 0.949 bits per heavy atom. The third-order valence-electron chi connectivity index (χ3n) is 6.08. The van der Waals surface area contributed by atoms with Crippen LogP contribution < -0.4 is 9.62 Å². The van der Waals surface area contributed by atoms with Gasteiger partial charge in [0.2, 0.25) is 11.8 Å². The Hall–Kier alpha value is -3.14. The van der Waals surface area contributed by atoms with Crippen LogP contribution in [-0.2, 0) is 26.2 Å². The maximum atomic E-state index is 13.9. The van der Waals surface area contributed by atoms with E-state index in [0.29, 0.717) is 17.1 Å². The summed E-state index contributed by atoms with van der Waals surface area (Å²) >= 11 is 12.2. The van der Waals surface area contributed by atoms with Gasteiger partial charge in [0.15, 0.2) is 0 Å². The second-order valence-electron chi connectivity index (χ2n) is 8.89. The Morgan fingerprint density at radius 2 is 1.59 bits per heavy atom. The smallest absolute Gasteiger partial charge is 0.264 e. The maximum absolute atomic E-state index is 13.9. The van der Waals surface area contributed by atoms with E-state index in [2.05, 4.69) is 5.32 Å². The number of nitrogens with zero attached hydrogens (tertiary/aromatic N) is 2. The van der Waals surface area contributed by atoms with E-state index in [-0.39, 0.29) is 34.5 Å². The predicted molar refractivity (Wildman–Crippen MR) is 152 cm³/mol. The molecule has 0 aliphatic carbocycles. The van der Waals surface area contributed by atoms with Crippen LogP contribution in [0.4, 0.5) is 10.1 Å². The van der Waals surface area contributed by atoms with E-state index >= 15 is 0 Å². The van der Waals surface area contributed by atoms with Crippen molar-refractivity contribution in [2.24, 2.45) is 0 Å². The number of nitrogens with one attached hydrogen (secondary N) is 1. The number of carbonyl (C=O) groups excluding carboxylic acids is 2. The summed E-state index contributed by atoms with van der Waals surface area (Å²) in [5, 5.41) is 3.37. The van der Waals surface area contributed by atoms with Crippen molar-refractivity contribution >= 4 is 50.7 Å². The van der Waals surface area contributed by atoms with Gasteiger partial charge < -0.3 is 10.2 Å². The van der Waals surface area contributed by atoms with Gasteiger partial charge >= 0.3 is 0 Å². The molecule has 3 aromatic carbocycles. The van der Waals surface area contributed by atoms with Crippen molar-refractivity contribution in [2.45, 2.75) is 44.7 Å². The molecule has 39 heavy (non-hydrogen) atoms. The Bertz CT molecular complexity index is 1420. The molecule has 1 atom stereocenters. The number of benzene rings is 3. The molecule has 3 rings (SSSR count). The monoisotopic (exact) mass is 593 g/mol. The van der Waals surface area contributed by atoms with Crippen LogP contribution in [-0.4, -0.2) is 44.3 Å². The molecule has 0 saturated carbocycles. The van der Waals surface area contributed by atoms with E-state index in [0.717, 1.165) is 34.1 Å². The molecule has 0 fully saturated rings. The molecule has 0 radical (unpaired) electrons. The van der Waals surface area contributed by atoms with Crippen LogP contribution in [0.2, 0.25) is 10.0 Å². The van der Waals surface area contributed by atoms with Crippen molar-refractivity contribution in [3.8, 4) is 0 Å². The molecule has 7 nitrogen and oxygen atoms in total. The van der Waals surface area contributed by atoms with Crippen LogP contribution in [0.15, 0.2) is 71.6 Å². The number of likely N-dealkylation sites (N-methyl/N-ethyl adjacent to an activating group) is 1. The number of carbonyl (C=O) groups is 2. The molecule has 0 saturated heterocycles. The Kier molecular flexibility index (Phi) is 10.4. The molecule has 0 aliphatic heterocycles. The molecule has 1 unspecified atom stereocenters. The summed E-state index contributed by atoms with van der Waals surface area (Å²) in [6.45, 7) is 5.14. The fourth-order valence-corrected chi connectivity index (χ4v) is 5.75. The molecular formula is C28H30Cl2FN3O4S. The number of halogens is 3. The van der Waals surface area contributed by atoms with Crippen LogP contribution in [0.5, 0.6) is 0 Å². The largest absolute Gasteiger partial charge is 0.355 e. The molecule has 0 spiro atoms. The predicted octanol–water partition coefficient (Wildman–Crippen LogP) is 5.58. The highest BCUT2D eigenvalue weighted by atomic mass is 35.5. The first kappa shape index (κ1) is 30.4. The van der Waals surface area contributed by atoms with E-state index < -0.39 is 34.3 Å². The van der Waals surface area contributed by atoms with Crippen LogP contribution in [0.25, 0.3) is 0 Å². The lowest BCUT2D eigenvalue weighted by atomic mass is 10.1. The van der Waals surface area contributed by atoms with Gasteiger partial charge in [-0.3, -0.25) is 13.9 Å². The Morgan fingerprint density at radius 3 is 2.15 bits per heavy atom. The molecule has 0 bridgehead atoms. The summed E-state index contributed by atoms with van der Waals surface area (Å²) in [4.78, 5) is 28.0. The molecule has 3 aromatic rings. The van der Waals surface area contributed by atoms with Crippen LogP contribution >= 0.6 is 23.2 Å². The molecule has 208 valence electrons. The summed E-state index contributed by atoms with van der Waals surface area (Å²) < 4.78 is 42.0. The maximum Gasteiger partial charge on any atom is 0.264 e. The van der Waals surface area contributed by atoms with Gasteiger partial charge in [-0.15, -0.1) is 0 Å². The second-order valence-corrected chi connectivity index (χ2v) is 11.6. The van der Waals surface area contributed by atoms with E-state index in [4.69, 9.17) is 23.2 Å². The van der Waals surface area contributed by atoms with E-state index in [1.54, 1.807) is 56.3 Å². The lowest BCUT2D eigenvalue weighted by molar-refractivity contribution is -0.140. The summed E-state index contributed by atoms with van der Waals surface area (Å²) in [5.41, 5.74) is 1.76. The van der Waals surface area contributed by atoms with Crippen LogP contribution in [0, 0.1) is 12.7 Å². The number of aryl methyl sites for hydroxylation is 1. The van der Waals surface area contributed by atoms with Gasteiger partial charge in [0.25, 0.3) is 10.0 Å². The van der Waals surface area contributed by atoms with Crippen molar-refractivity contribution in [3.63, 3.8) is 0 Å². The van der Waals surface area contributed by atoms with Gasteiger partial charge in [-0.1, -0.05) is 53.9 Å². The normalized spacial score (nSPS) is 12.1. The van der Waals surface area contributed by atoms with E-state index in [1.807, 2.05) is 6.92 Å². The number of hydrogen-bond donors (Lipinski definition) is 1. The highest BCUT2D eigenvalue weighted by Gasteiger charge is 2.33. The van der Waals surface area contributed by atoms with E-state index in [1.165, 1.54) is 4.90 Å². The molecule has 0 aliphatic rings. The summed E-state index contributed by atoms with van der Waals surface area (Å²) in [5.74, 6) is -1.56. The highest BCUT2D eigenvalue weighted by molar-refractivity contribution is 7.92. The fourth-order valence-electron chi connectivity index (χ4n) is 4.02. The standard InChI is InChI=1S/C28H30Cl2FN3O4S/c1-4-26(28(36)32-5-2)33(17-20-8-15-24(29)25(30)16-20)27(35)18-34(22-11-6-19(3)7-12-22)39(37,38)23-13-9-21(31)10-14-23/h6-16,26H,4-5,17-18H2,1-3H3,(H,32,36). The summed E-state index contributed by atoms with van der Waals surface area (Å²) in [7, 11) is -4.28. The Balaban J connectivity index is 2.06. The number of rotatable bonds is 11. The molecule has 1 N–H and O–H groups in total. The van der Waals surface area contributed by atoms with Crippen molar-refractivity contribution < 1.29 is 22.4 Å². The summed E-state index contributed by atoms with van der Waals surface area (Å²) in [6.07, 6.45) is 0.286. The fraction of sp³-hybridized carbons (Fsp3) is 0.286. The molecular weight excluding hydrogens is 564 g/mol. The quantitative estimate of drug-likeness (QED) is 0.314. The minimum Gasteiger partial charge on any atom is -0.355 e. The lowest BCUT2D eigenvalue weighted by Gasteiger charge is -2.33. The molecule has 11 heteroatoms. The number of hydrogen-bond acceptors (Lipinski definition) is 4. The average Bonchev–Trinajstić information content (AvgIpc) is 2.90. The SMILES string of the molecule is CCNC(=O)C(CC)N(Cc1ccc(Cl)c(Cl)c1)C(=O)CN(c1ccc(C)cc1)S(=O)(=O)c1ccc(F)cc1. The zero-order valence-corrected chi connectivity index (χ0v) is 24.2. The van der Waals surface area contributed by atoms with Gasteiger partial charge in [-0.05, 0) is 74.4 Å². The third kappa shape index (κ3) is 7.50. The van der Waals surface area contributed by atoms with Crippen molar-refractivity contribution in [2.75, 3.05) is 17.4 Å².